The maximum absolute atomic E-state index is 12.5. The van der Waals surface area contributed by atoms with Gasteiger partial charge in [0, 0.05) is 50.5 Å². The summed E-state index contributed by atoms with van der Waals surface area (Å²) in [7, 11) is 4.66. The normalized spacial score (nSPS) is 15.0. The fourth-order valence-electron chi connectivity index (χ4n) is 3.50. The molecule has 0 spiro atoms. The van der Waals surface area contributed by atoms with Crippen molar-refractivity contribution in [3.63, 3.8) is 0 Å². The van der Waals surface area contributed by atoms with Crippen molar-refractivity contribution >= 4 is 11.6 Å². The number of ether oxygens (including phenoxy) is 3. The number of nitrogens with zero attached hydrogens (tertiary/aromatic N) is 2. The molecule has 156 valence electrons. The van der Waals surface area contributed by atoms with Crippen molar-refractivity contribution in [1.29, 1.82) is 0 Å². The summed E-state index contributed by atoms with van der Waals surface area (Å²) in [6.45, 7) is 4.95. The number of benzene rings is 2. The summed E-state index contributed by atoms with van der Waals surface area (Å²) in [5.74, 6) is 1.46. The highest BCUT2D eigenvalue weighted by atomic mass is 16.5. The summed E-state index contributed by atoms with van der Waals surface area (Å²) in [4.78, 5) is 17.1. The first-order valence-electron chi connectivity index (χ1n) is 9.71. The lowest BCUT2D eigenvalue weighted by molar-refractivity contribution is -0.117. The average molecular weight is 399 g/mol. The number of anilines is 1. The van der Waals surface area contributed by atoms with E-state index in [1.165, 1.54) is 5.56 Å². The number of nitrogens with one attached hydrogen (secondary N) is 1. The van der Waals surface area contributed by atoms with Crippen LogP contribution in [0.15, 0.2) is 42.5 Å². The molecule has 1 fully saturated rings. The van der Waals surface area contributed by atoms with Crippen LogP contribution in [0.4, 0.5) is 5.69 Å². The summed E-state index contributed by atoms with van der Waals surface area (Å²) < 4.78 is 16.0. The molecule has 29 heavy (non-hydrogen) atoms. The molecule has 2 aromatic carbocycles. The average Bonchev–Trinajstić information content (AvgIpc) is 2.75. The minimum Gasteiger partial charge on any atom is -0.493 e. The number of amides is 1. The summed E-state index contributed by atoms with van der Waals surface area (Å²) in [5, 5.41) is 2.93. The Morgan fingerprint density at radius 3 is 2.03 bits per heavy atom. The summed E-state index contributed by atoms with van der Waals surface area (Å²) in [6.07, 6.45) is 0. The molecule has 0 bridgehead atoms. The molecule has 1 heterocycles. The zero-order valence-electron chi connectivity index (χ0n) is 17.3. The number of carbonyl (C=O) groups excluding carboxylic acids is 1. The molecular weight excluding hydrogens is 370 g/mol. The fraction of sp³-hybridized carbons (Fsp3) is 0.409. The van der Waals surface area contributed by atoms with Gasteiger partial charge in [0.05, 0.1) is 27.9 Å². The van der Waals surface area contributed by atoms with Crippen LogP contribution in [0.1, 0.15) is 5.56 Å². The Balaban J connectivity index is 1.51. The number of piperazine rings is 1. The van der Waals surface area contributed by atoms with E-state index in [9.17, 15) is 4.79 Å². The zero-order chi connectivity index (χ0) is 20.6. The highest BCUT2D eigenvalue weighted by Crippen LogP contribution is 2.39. The van der Waals surface area contributed by atoms with Crippen LogP contribution in [0, 0.1) is 0 Å². The Morgan fingerprint density at radius 1 is 0.897 bits per heavy atom. The second-order valence-corrected chi connectivity index (χ2v) is 7.00. The van der Waals surface area contributed by atoms with Crippen LogP contribution < -0.4 is 19.5 Å². The Bertz CT molecular complexity index is 780. The van der Waals surface area contributed by atoms with Crippen molar-refractivity contribution in [3.05, 3.63) is 48.0 Å². The highest BCUT2D eigenvalue weighted by molar-refractivity contribution is 5.93. The van der Waals surface area contributed by atoms with E-state index >= 15 is 0 Å². The minimum atomic E-state index is -0.0595. The van der Waals surface area contributed by atoms with E-state index in [0.29, 0.717) is 29.5 Å². The molecule has 3 rings (SSSR count). The topological polar surface area (TPSA) is 63.3 Å². The molecule has 1 saturated heterocycles. The van der Waals surface area contributed by atoms with Gasteiger partial charge >= 0.3 is 0 Å². The van der Waals surface area contributed by atoms with Crippen LogP contribution in [0.25, 0.3) is 0 Å². The molecule has 1 amide bonds. The zero-order valence-corrected chi connectivity index (χ0v) is 17.3. The lowest BCUT2D eigenvalue weighted by Gasteiger charge is -2.34. The molecule has 0 aliphatic carbocycles. The number of rotatable bonds is 8. The summed E-state index contributed by atoms with van der Waals surface area (Å²) >= 11 is 0. The molecule has 1 aliphatic heterocycles. The third kappa shape index (κ3) is 5.62. The fourth-order valence-corrected chi connectivity index (χ4v) is 3.50. The Morgan fingerprint density at radius 2 is 1.48 bits per heavy atom. The van der Waals surface area contributed by atoms with E-state index in [2.05, 4.69) is 39.4 Å². The van der Waals surface area contributed by atoms with Crippen LogP contribution in [0.5, 0.6) is 17.2 Å². The van der Waals surface area contributed by atoms with Crippen LogP contribution in [0.2, 0.25) is 0 Å². The Labute approximate surface area is 172 Å². The van der Waals surface area contributed by atoms with Gasteiger partial charge in [-0.2, -0.15) is 0 Å². The van der Waals surface area contributed by atoms with E-state index in [1.807, 2.05) is 6.07 Å². The minimum absolute atomic E-state index is 0.0595. The lowest BCUT2D eigenvalue weighted by atomic mass is 10.2. The number of carbonyl (C=O) groups is 1. The quantitative estimate of drug-likeness (QED) is 0.736. The third-order valence-electron chi connectivity index (χ3n) is 5.03. The predicted molar refractivity (Wildman–Crippen MR) is 113 cm³/mol. The maximum Gasteiger partial charge on any atom is 0.238 e. The number of hydrogen-bond acceptors (Lipinski definition) is 6. The van der Waals surface area contributed by atoms with Crippen molar-refractivity contribution in [2.45, 2.75) is 6.54 Å². The molecule has 1 aliphatic rings. The monoisotopic (exact) mass is 399 g/mol. The molecule has 2 aromatic rings. The van der Waals surface area contributed by atoms with Gasteiger partial charge in [0.25, 0.3) is 0 Å². The SMILES string of the molecule is COc1cc(NC(=O)CN2CCN(Cc3ccccc3)CC2)cc(OC)c1OC. The second kappa shape index (κ2) is 10.1. The largest absolute Gasteiger partial charge is 0.493 e. The molecule has 0 radical (unpaired) electrons. The molecule has 0 aromatic heterocycles. The van der Waals surface area contributed by atoms with E-state index in [4.69, 9.17) is 14.2 Å². The molecule has 0 saturated carbocycles. The van der Waals surface area contributed by atoms with Gasteiger partial charge in [-0.1, -0.05) is 30.3 Å². The van der Waals surface area contributed by atoms with E-state index in [0.717, 1.165) is 32.7 Å². The first-order chi connectivity index (χ1) is 14.1. The van der Waals surface area contributed by atoms with Crippen LogP contribution >= 0.6 is 0 Å². The van der Waals surface area contributed by atoms with Crippen molar-refractivity contribution in [2.24, 2.45) is 0 Å². The lowest BCUT2D eigenvalue weighted by Crippen LogP contribution is -2.48. The van der Waals surface area contributed by atoms with Gasteiger partial charge in [0.2, 0.25) is 11.7 Å². The van der Waals surface area contributed by atoms with E-state index in [1.54, 1.807) is 33.5 Å². The first kappa shape index (κ1) is 21.0. The molecule has 1 N–H and O–H groups in total. The summed E-state index contributed by atoms with van der Waals surface area (Å²) in [6, 6.07) is 13.9. The van der Waals surface area contributed by atoms with E-state index < -0.39 is 0 Å². The van der Waals surface area contributed by atoms with Gasteiger partial charge < -0.3 is 19.5 Å². The van der Waals surface area contributed by atoms with Gasteiger partial charge in [-0.05, 0) is 5.56 Å². The van der Waals surface area contributed by atoms with Gasteiger partial charge in [-0.25, -0.2) is 0 Å². The second-order valence-electron chi connectivity index (χ2n) is 7.00. The molecule has 0 atom stereocenters. The van der Waals surface area contributed by atoms with Crippen LogP contribution in [0.3, 0.4) is 0 Å². The first-order valence-corrected chi connectivity index (χ1v) is 9.71. The van der Waals surface area contributed by atoms with Crippen molar-refractivity contribution in [1.82, 2.24) is 9.80 Å². The van der Waals surface area contributed by atoms with Gasteiger partial charge in [-0.3, -0.25) is 14.6 Å². The summed E-state index contributed by atoms with van der Waals surface area (Å²) in [5.41, 5.74) is 1.94. The van der Waals surface area contributed by atoms with Crippen LogP contribution in [-0.2, 0) is 11.3 Å². The Hall–Kier alpha value is -2.77. The smallest absolute Gasteiger partial charge is 0.238 e. The van der Waals surface area contributed by atoms with Crippen molar-refractivity contribution in [3.8, 4) is 17.2 Å². The predicted octanol–water partition coefficient (Wildman–Crippen LogP) is 2.47. The third-order valence-corrected chi connectivity index (χ3v) is 5.03. The van der Waals surface area contributed by atoms with Crippen molar-refractivity contribution in [2.75, 3.05) is 59.4 Å². The number of hydrogen-bond donors (Lipinski definition) is 1. The molecule has 7 nitrogen and oxygen atoms in total. The van der Waals surface area contributed by atoms with Gasteiger partial charge in [0.15, 0.2) is 11.5 Å². The molecule has 0 unspecified atom stereocenters. The maximum atomic E-state index is 12.5. The van der Waals surface area contributed by atoms with E-state index in [-0.39, 0.29) is 5.91 Å². The van der Waals surface area contributed by atoms with Gasteiger partial charge in [-0.15, -0.1) is 0 Å². The highest BCUT2D eigenvalue weighted by Gasteiger charge is 2.20. The number of methoxy groups -OCH3 is 3. The van der Waals surface area contributed by atoms with Crippen LogP contribution in [-0.4, -0.2) is 69.8 Å². The molecular formula is C22H29N3O4. The molecule has 7 heteroatoms. The van der Waals surface area contributed by atoms with Crippen molar-refractivity contribution < 1.29 is 19.0 Å². The Kier molecular flexibility index (Phi) is 7.32. The standard InChI is InChI=1S/C22H29N3O4/c1-27-19-13-18(14-20(28-2)22(19)29-3)23-21(26)16-25-11-9-24(10-12-25)15-17-7-5-4-6-8-17/h4-8,13-14H,9-12,15-16H2,1-3H3,(H,23,26). The van der Waals surface area contributed by atoms with Gasteiger partial charge in [0.1, 0.15) is 0 Å².